The molecule has 3 amide bonds. The van der Waals surface area contributed by atoms with E-state index in [4.69, 9.17) is 4.52 Å². The maximum Gasteiger partial charge on any atom is 0.254 e. The van der Waals surface area contributed by atoms with Crippen molar-refractivity contribution in [2.75, 3.05) is 11.9 Å². The lowest BCUT2D eigenvalue weighted by molar-refractivity contribution is -0.121. The highest BCUT2D eigenvalue weighted by atomic mass is 16.5. The molecule has 1 aromatic carbocycles. The van der Waals surface area contributed by atoms with E-state index in [0.29, 0.717) is 42.4 Å². The van der Waals surface area contributed by atoms with Gasteiger partial charge >= 0.3 is 0 Å². The van der Waals surface area contributed by atoms with Crippen molar-refractivity contribution in [1.29, 1.82) is 0 Å². The summed E-state index contributed by atoms with van der Waals surface area (Å²) in [6, 6.07) is 6.05. The van der Waals surface area contributed by atoms with Crippen molar-refractivity contribution in [2.24, 2.45) is 0 Å². The lowest BCUT2D eigenvalue weighted by Gasteiger charge is -2.14. The number of carbonyl (C=O) groups is 3. The van der Waals surface area contributed by atoms with E-state index in [1.54, 1.807) is 24.3 Å². The number of hydrogen-bond donors (Lipinski definition) is 3. The fourth-order valence-corrected chi connectivity index (χ4v) is 2.95. The molecule has 2 aromatic rings. The Morgan fingerprint density at radius 2 is 2.07 bits per heavy atom. The number of carbonyl (C=O) groups excluding carboxylic acids is 3. The Morgan fingerprint density at radius 1 is 1.28 bits per heavy atom. The maximum atomic E-state index is 12.3. The van der Waals surface area contributed by atoms with Gasteiger partial charge in [-0.05, 0) is 25.0 Å². The Labute approximate surface area is 168 Å². The standard InChI is InChI=1S/C20H25N5O4/c1-12(2)18-24-17(29-25-18)8-5-11-21-16(26)10-9-15-20(28)22-14-7-4-3-6-13(14)19(27)23-15/h3-4,6-7,12,15H,5,8-11H2,1-2H3,(H,21,26)(H,22,28)(H,23,27). The van der Waals surface area contributed by atoms with Crippen LogP contribution in [0.5, 0.6) is 0 Å². The number of fused-ring (bicyclic) bond motifs is 1. The summed E-state index contributed by atoms with van der Waals surface area (Å²) in [4.78, 5) is 41.0. The van der Waals surface area contributed by atoms with Crippen LogP contribution in [0.15, 0.2) is 28.8 Å². The first-order valence-corrected chi connectivity index (χ1v) is 9.74. The van der Waals surface area contributed by atoms with Crippen LogP contribution in [0.1, 0.15) is 61.1 Å². The van der Waals surface area contributed by atoms with E-state index in [2.05, 4.69) is 26.1 Å². The summed E-state index contributed by atoms with van der Waals surface area (Å²) >= 11 is 0. The lowest BCUT2D eigenvalue weighted by Crippen LogP contribution is -2.42. The highest BCUT2D eigenvalue weighted by Gasteiger charge is 2.27. The molecule has 3 N–H and O–H groups in total. The molecule has 1 aliphatic rings. The molecule has 0 spiro atoms. The highest BCUT2D eigenvalue weighted by molar-refractivity contribution is 6.09. The van der Waals surface area contributed by atoms with Crippen LogP contribution in [0, 0.1) is 0 Å². The van der Waals surface area contributed by atoms with Crippen LogP contribution in [0.3, 0.4) is 0 Å². The molecule has 3 rings (SSSR count). The van der Waals surface area contributed by atoms with Gasteiger partial charge in [0, 0.05) is 25.3 Å². The second-order valence-corrected chi connectivity index (χ2v) is 7.25. The van der Waals surface area contributed by atoms with Gasteiger partial charge in [-0.1, -0.05) is 31.1 Å². The summed E-state index contributed by atoms with van der Waals surface area (Å²) in [5.74, 6) is 0.609. The molecule has 1 aliphatic heterocycles. The zero-order chi connectivity index (χ0) is 20.8. The van der Waals surface area contributed by atoms with E-state index < -0.39 is 6.04 Å². The molecule has 0 fully saturated rings. The number of nitrogens with one attached hydrogen (secondary N) is 3. The lowest BCUT2D eigenvalue weighted by atomic mass is 10.1. The zero-order valence-electron chi connectivity index (χ0n) is 16.5. The van der Waals surface area contributed by atoms with Crippen LogP contribution < -0.4 is 16.0 Å². The second-order valence-electron chi connectivity index (χ2n) is 7.25. The molecule has 0 saturated carbocycles. The van der Waals surface area contributed by atoms with Gasteiger partial charge in [-0.3, -0.25) is 14.4 Å². The smallest absolute Gasteiger partial charge is 0.254 e. The van der Waals surface area contributed by atoms with E-state index in [1.165, 1.54) is 0 Å². The summed E-state index contributed by atoms with van der Waals surface area (Å²) in [5, 5.41) is 12.1. The minimum Gasteiger partial charge on any atom is -0.356 e. The topological polar surface area (TPSA) is 126 Å². The molecule has 0 aliphatic carbocycles. The number of para-hydroxylation sites is 1. The van der Waals surface area contributed by atoms with Crippen molar-refractivity contribution >= 4 is 23.4 Å². The predicted octanol–water partition coefficient (Wildman–Crippen LogP) is 1.77. The van der Waals surface area contributed by atoms with Gasteiger partial charge in [-0.25, -0.2) is 0 Å². The molecule has 0 bridgehead atoms. The predicted molar refractivity (Wildman–Crippen MR) is 105 cm³/mol. The number of anilines is 1. The number of nitrogens with zero attached hydrogens (tertiary/aromatic N) is 2. The van der Waals surface area contributed by atoms with Crippen molar-refractivity contribution in [3.63, 3.8) is 0 Å². The number of hydrogen-bond acceptors (Lipinski definition) is 6. The van der Waals surface area contributed by atoms with Gasteiger partial charge in [0.05, 0.1) is 11.3 Å². The van der Waals surface area contributed by atoms with Gasteiger partial charge in [0.2, 0.25) is 17.7 Å². The van der Waals surface area contributed by atoms with Gasteiger partial charge in [0.1, 0.15) is 6.04 Å². The van der Waals surface area contributed by atoms with Gasteiger partial charge in [-0.2, -0.15) is 4.98 Å². The van der Waals surface area contributed by atoms with Crippen molar-refractivity contribution in [3.05, 3.63) is 41.5 Å². The third-order valence-corrected chi connectivity index (χ3v) is 4.60. The zero-order valence-corrected chi connectivity index (χ0v) is 16.5. The Kier molecular flexibility index (Phi) is 6.58. The van der Waals surface area contributed by atoms with E-state index in [-0.39, 0.29) is 36.5 Å². The van der Waals surface area contributed by atoms with Gasteiger partial charge in [-0.15, -0.1) is 0 Å². The molecule has 9 nitrogen and oxygen atoms in total. The average Bonchev–Trinajstić information content (AvgIpc) is 3.13. The fourth-order valence-electron chi connectivity index (χ4n) is 2.95. The maximum absolute atomic E-state index is 12.3. The first kappa shape index (κ1) is 20.5. The van der Waals surface area contributed by atoms with Crippen LogP contribution >= 0.6 is 0 Å². The van der Waals surface area contributed by atoms with Gasteiger partial charge in [0.25, 0.3) is 5.91 Å². The molecule has 2 heterocycles. The van der Waals surface area contributed by atoms with Crippen LogP contribution in [-0.2, 0) is 16.0 Å². The van der Waals surface area contributed by atoms with Crippen LogP contribution in [0.2, 0.25) is 0 Å². The second kappa shape index (κ2) is 9.31. The minimum atomic E-state index is -0.756. The minimum absolute atomic E-state index is 0.132. The molecule has 0 radical (unpaired) electrons. The molecule has 29 heavy (non-hydrogen) atoms. The molecular formula is C20H25N5O4. The number of amides is 3. The highest BCUT2D eigenvalue weighted by Crippen LogP contribution is 2.19. The first-order valence-electron chi connectivity index (χ1n) is 9.74. The largest absolute Gasteiger partial charge is 0.356 e. The summed E-state index contributed by atoms with van der Waals surface area (Å²) in [5.41, 5.74) is 0.887. The quantitative estimate of drug-likeness (QED) is 0.581. The van der Waals surface area contributed by atoms with Crippen molar-refractivity contribution < 1.29 is 18.9 Å². The first-order chi connectivity index (χ1) is 13.9. The monoisotopic (exact) mass is 399 g/mol. The number of aryl methyl sites for hydroxylation is 1. The molecule has 1 aromatic heterocycles. The molecular weight excluding hydrogens is 374 g/mol. The van der Waals surface area contributed by atoms with Crippen LogP contribution in [-0.4, -0.2) is 40.4 Å². The SMILES string of the molecule is CC(C)c1noc(CCCNC(=O)CCC2NC(=O)c3ccccc3NC2=O)n1. The fraction of sp³-hybridized carbons (Fsp3) is 0.450. The molecule has 9 heteroatoms. The van der Waals surface area contributed by atoms with E-state index in [1.807, 2.05) is 13.8 Å². The summed E-state index contributed by atoms with van der Waals surface area (Å²) in [7, 11) is 0. The average molecular weight is 399 g/mol. The van der Waals surface area contributed by atoms with Gasteiger partial charge in [0.15, 0.2) is 5.82 Å². The van der Waals surface area contributed by atoms with Gasteiger partial charge < -0.3 is 20.5 Å². The van der Waals surface area contributed by atoms with Crippen molar-refractivity contribution in [3.8, 4) is 0 Å². The van der Waals surface area contributed by atoms with E-state index in [9.17, 15) is 14.4 Å². The summed E-state index contributed by atoms with van der Waals surface area (Å²) in [6.45, 7) is 4.45. The summed E-state index contributed by atoms with van der Waals surface area (Å²) < 4.78 is 5.16. The van der Waals surface area contributed by atoms with Crippen LogP contribution in [0.25, 0.3) is 0 Å². The Bertz CT molecular complexity index is 893. The number of rotatable bonds is 8. The Balaban J connectivity index is 1.40. The third kappa shape index (κ3) is 5.40. The van der Waals surface area contributed by atoms with Crippen molar-refractivity contribution in [1.82, 2.24) is 20.8 Å². The Morgan fingerprint density at radius 3 is 2.83 bits per heavy atom. The molecule has 1 atom stereocenters. The van der Waals surface area contributed by atoms with Crippen LogP contribution in [0.4, 0.5) is 5.69 Å². The molecule has 1 unspecified atom stereocenters. The normalized spacial score (nSPS) is 16.0. The van der Waals surface area contributed by atoms with E-state index in [0.717, 1.165) is 0 Å². The third-order valence-electron chi connectivity index (χ3n) is 4.60. The number of aromatic nitrogens is 2. The number of benzene rings is 1. The Hall–Kier alpha value is -3.23. The van der Waals surface area contributed by atoms with Crippen molar-refractivity contribution in [2.45, 2.75) is 51.5 Å². The molecule has 154 valence electrons. The van der Waals surface area contributed by atoms with E-state index >= 15 is 0 Å². The summed E-state index contributed by atoms with van der Waals surface area (Å²) in [6.07, 6.45) is 1.60. The molecule has 0 saturated heterocycles.